The van der Waals surface area contributed by atoms with E-state index >= 15 is 0 Å². The molecule has 0 aromatic heterocycles. The van der Waals surface area contributed by atoms with Crippen LogP contribution in [0.5, 0.6) is 5.75 Å². The maximum atomic E-state index is 12.4. The third-order valence-corrected chi connectivity index (χ3v) is 2.72. The van der Waals surface area contributed by atoms with Gasteiger partial charge in [-0.1, -0.05) is 12.1 Å². The van der Waals surface area contributed by atoms with Crippen molar-refractivity contribution in [1.29, 1.82) is 5.26 Å². The fourth-order valence-corrected chi connectivity index (χ4v) is 1.84. The van der Waals surface area contributed by atoms with E-state index < -0.39 is 12.6 Å². The van der Waals surface area contributed by atoms with Crippen LogP contribution in [0.25, 0.3) is 0 Å². The minimum atomic E-state index is -3.08. The molecule has 4 nitrogen and oxygen atoms in total. The molecule has 0 aliphatic heterocycles. The van der Waals surface area contributed by atoms with Gasteiger partial charge in [0.2, 0.25) is 0 Å². The second kappa shape index (κ2) is 7.65. The molecule has 0 bridgehead atoms. The molecule has 0 amide bonds. The Balaban J connectivity index is 3.20. The Morgan fingerprint density at radius 3 is 2.60 bits per heavy atom. The van der Waals surface area contributed by atoms with Crippen LogP contribution in [-0.2, 0) is 21.8 Å². The van der Waals surface area contributed by atoms with Crippen LogP contribution in [0.4, 0.5) is 8.78 Å². The molecule has 0 spiro atoms. The maximum Gasteiger partial charge on any atom is 0.387 e. The Labute approximate surface area is 119 Å². The monoisotopic (exact) mass is 303 g/mol. The summed E-state index contributed by atoms with van der Waals surface area (Å²) < 4.78 is 33.9. The third kappa shape index (κ3) is 4.07. The number of benzene rings is 1. The molecule has 0 fully saturated rings. The number of nitrogens with zero attached hydrogens (tertiary/aromatic N) is 1. The van der Waals surface area contributed by atoms with Gasteiger partial charge in [-0.15, -0.1) is 11.6 Å². The van der Waals surface area contributed by atoms with Crippen molar-refractivity contribution >= 4 is 17.6 Å². The van der Waals surface area contributed by atoms with Crippen LogP contribution in [-0.4, -0.2) is 19.2 Å². The van der Waals surface area contributed by atoms with Crippen molar-refractivity contribution in [3.63, 3.8) is 0 Å². The molecule has 0 atom stereocenters. The lowest BCUT2D eigenvalue weighted by atomic mass is 10.0. The van der Waals surface area contributed by atoms with Gasteiger partial charge in [-0.25, -0.2) is 0 Å². The Hall–Kier alpha value is -1.87. The van der Waals surface area contributed by atoms with E-state index in [4.69, 9.17) is 21.6 Å². The standard InChI is InChI=1S/C13H12ClF2NO3/c1-2-19-11(18)5-8-3-4-9(6-14)12(10(8)7-17)20-13(15)16/h3-4,13H,2,5-6H2,1H3. The van der Waals surface area contributed by atoms with E-state index in [9.17, 15) is 13.6 Å². The van der Waals surface area contributed by atoms with Gasteiger partial charge in [-0.3, -0.25) is 4.79 Å². The summed E-state index contributed by atoms with van der Waals surface area (Å²) in [6, 6.07) is 4.69. The largest absolute Gasteiger partial charge is 0.466 e. The molecule has 1 aromatic rings. The van der Waals surface area contributed by atoms with Crippen LogP contribution in [0.3, 0.4) is 0 Å². The van der Waals surface area contributed by atoms with Gasteiger partial charge < -0.3 is 9.47 Å². The van der Waals surface area contributed by atoms with E-state index in [1.807, 2.05) is 0 Å². The predicted octanol–water partition coefficient (Wildman–Crippen LogP) is 3.00. The van der Waals surface area contributed by atoms with Crippen LogP contribution < -0.4 is 4.74 Å². The topological polar surface area (TPSA) is 59.3 Å². The molecule has 108 valence electrons. The molecule has 0 unspecified atom stereocenters. The summed E-state index contributed by atoms with van der Waals surface area (Å²) in [5.41, 5.74) is 0.392. The number of hydrogen-bond donors (Lipinski definition) is 0. The highest BCUT2D eigenvalue weighted by atomic mass is 35.5. The summed E-state index contributed by atoms with van der Waals surface area (Å²) in [7, 11) is 0. The molecular weight excluding hydrogens is 292 g/mol. The molecule has 1 rings (SSSR count). The van der Waals surface area contributed by atoms with Crippen molar-refractivity contribution in [2.45, 2.75) is 25.8 Å². The summed E-state index contributed by atoms with van der Waals surface area (Å²) in [6.07, 6.45) is -0.196. The average molecular weight is 304 g/mol. The Kier molecular flexibility index (Phi) is 6.19. The van der Waals surface area contributed by atoms with Gasteiger partial charge in [0.05, 0.1) is 24.5 Å². The highest BCUT2D eigenvalue weighted by Gasteiger charge is 2.19. The predicted molar refractivity (Wildman–Crippen MR) is 67.7 cm³/mol. The quantitative estimate of drug-likeness (QED) is 0.599. The van der Waals surface area contributed by atoms with E-state index in [-0.39, 0.29) is 41.3 Å². The first-order valence-electron chi connectivity index (χ1n) is 5.74. The summed E-state index contributed by atoms with van der Waals surface area (Å²) >= 11 is 5.63. The molecule has 0 saturated heterocycles. The van der Waals surface area contributed by atoms with Crippen LogP contribution in [0.15, 0.2) is 12.1 Å². The van der Waals surface area contributed by atoms with Gasteiger partial charge in [0.25, 0.3) is 0 Å². The first kappa shape index (κ1) is 16.2. The number of esters is 1. The van der Waals surface area contributed by atoms with Crippen molar-refractivity contribution in [2.75, 3.05) is 6.61 Å². The lowest BCUT2D eigenvalue weighted by molar-refractivity contribution is -0.142. The highest BCUT2D eigenvalue weighted by molar-refractivity contribution is 6.17. The lowest BCUT2D eigenvalue weighted by Gasteiger charge is -2.13. The number of hydrogen-bond acceptors (Lipinski definition) is 4. The van der Waals surface area contributed by atoms with E-state index in [0.29, 0.717) is 0 Å². The molecule has 0 heterocycles. The van der Waals surface area contributed by atoms with Gasteiger partial charge in [0, 0.05) is 5.56 Å². The lowest BCUT2D eigenvalue weighted by Crippen LogP contribution is -2.11. The zero-order valence-electron chi connectivity index (χ0n) is 10.7. The van der Waals surface area contributed by atoms with Crippen LogP contribution in [0.2, 0.25) is 0 Å². The van der Waals surface area contributed by atoms with Crippen molar-refractivity contribution in [3.8, 4) is 11.8 Å². The van der Waals surface area contributed by atoms with Gasteiger partial charge >= 0.3 is 12.6 Å². The molecule has 0 N–H and O–H groups in total. The van der Waals surface area contributed by atoms with Gasteiger partial charge in [-0.2, -0.15) is 14.0 Å². The molecular formula is C13H12ClF2NO3. The Morgan fingerprint density at radius 2 is 2.10 bits per heavy atom. The summed E-state index contributed by atoms with van der Waals surface area (Å²) in [5.74, 6) is -0.930. The van der Waals surface area contributed by atoms with E-state index in [1.54, 1.807) is 13.0 Å². The maximum absolute atomic E-state index is 12.4. The smallest absolute Gasteiger partial charge is 0.387 e. The van der Waals surface area contributed by atoms with Gasteiger partial charge in [0.15, 0.2) is 0 Å². The van der Waals surface area contributed by atoms with Gasteiger partial charge in [0.1, 0.15) is 11.8 Å². The van der Waals surface area contributed by atoms with E-state index in [1.165, 1.54) is 12.1 Å². The normalized spacial score (nSPS) is 10.2. The zero-order valence-corrected chi connectivity index (χ0v) is 11.4. The first-order valence-corrected chi connectivity index (χ1v) is 6.28. The van der Waals surface area contributed by atoms with Crippen LogP contribution >= 0.6 is 11.6 Å². The molecule has 20 heavy (non-hydrogen) atoms. The molecule has 1 aromatic carbocycles. The van der Waals surface area contributed by atoms with Crippen LogP contribution in [0.1, 0.15) is 23.6 Å². The van der Waals surface area contributed by atoms with Crippen molar-refractivity contribution in [1.82, 2.24) is 0 Å². The Bertz CT molecular complexity index is 529. The molecule has 0 radical (unpaired) electrons. The van der Waals surface area contributed by atoms with Gasteiger partial charge in [-0.05, 0) is 12.5 Å². The number of nitriles is 1. The summed E-state index contributed by atoms with van der Waals surface area (Å²) in [6.45, 7) is -1.24. The Morgan fingerprint density at radius 1 is 1.45 bits per heavy atom. The minimum Gasteiger partial charge on any atom is -0.466 e. The number of rotatable bonds is 6. The molecule has 0 saturated carbocycles. The third-order valence-electron chi connectivity index (χ3n) is 2.43. The number of carbonyl (C=O) groups is 1. The fourth-order valence-electron chi connectivity index (χ4n) is 1.63. The van der Waals surface area contributed by atoms with Crippen molar-refractivity contribution < 1.29 is 23.0 Å². The highest BCUT2D eigenvalue weighted by Crippen LogP contribution is 2.30. The number of alkyl halides is 3. The van der Waals surface area contributed by atoms with Crippen LogP contribution in [0, 0.1) is 11.3 Å². The SMILES string of the molecule is CCOC(=O)Cc1ccc(CCl)c(OC(F)F)c1C#N. The second-order valence-electron chi connectivity index (χ2n) is 3.69. The summed E-state index contributed by atoms with van der Waals surface area (Å²) in [4.78, 5) is 11.4. The van der Waals surface area contributed by atoms with E-state index in [0.717, 1.165) is 0 Å². The zero-order chi connectivity index (χ0) is 15.1. The fraction of sp³-hybridized carbons (Fsp3) is 0.385. The minimum absolute atomic E-state index is 0.0869. The molecule has 0 aliphatic rings. The first-order chi connectivity index (χ1) is 9.53. The molecule has 0 aliphatic carbocycles. The van der Waals surface area contributed by atoms with Crippen molar-refractivity contribution in [3.05, 3.63) is 28.8 Å². The van der Waals surface area contributed by atoms with Crippen molar-refractivity contribution in [2.24, 2.45) is 0 Å². The molecule has 7 heteroatoms. The number of carbonyl (C=O) groups excluding carboxylic acids is 1. The average Bonchev–Trinajstić information content (AvgIpc) is 2.39. The summed E-state index contributed by atoms with van der Waals surface area (Å²) in [5, 5.41) is 9.10. The number of ether oxygens (including phenoxy) is 2. The van der Waals surface area contributed by atoms with E-state index in [2.05, 4.69) is 4.74 Å². The second-order valence-corrected chi connectivity index (χ2v) is 3.96. The number of halogens is 3.